The number of fused-ring (bicyclic) bond motifs is 4. The van der Waals surface area contributed by atoms with E-state index < -0.39 is 0 Å². The van der Waals surface area contributed by atoms with Crippen molar-refractivity contribution < 1.29 is 18.3 Å². The molecule has 2 fully saturated rings. The van der Waals surface area contributed by atoms with E-state index in [1.807, 2.05) is 17.9 Å². The van der Waals surface area contributed by atoms with Crippen molar-refractivity contribution in [3.8, 4) is 21.9 Å². The zero-order chi connectivity index (χ0) is 30.5. The van der Waals surface area contributed by atoms with Crippen LogP contribution in [-0.2, 0) is 17.7 Å². The molecule has 3 aliphatic rings. The van der Waals surface area contributed by atoms with Gasteiger partial charge in [-0.15, -0.1) is 11.3 Å². The quantitative estimate of drug-likeness (QED) is 0.195. The number of pyridine rings is 3. The van der Waals surface area contributed by atoms with Gasteiger partial charge in [0, 0.05) is 49.1 Å². The number of hydrogen-bond acceptors (Lipinski definition) is 9. The third-order valence-corrected chi connectivity index (χ3v) is 10.4. The Morgan fingerprint density at radius 2 is 1.98 bits per heavy atom. The Bertz CT molecular complexity index is 1920. The second-order valence-electron chi connectivity index (χ2n) is 12.1. The third-order valence-electron chi connectivity index (χ3n) is 9.21. The van der Waals surface area contributed by atoms with Gasteiger partial charge < -0.3 is 19.4 Å². The number of rotatable bonds is 8. The molecule has 1 atom stereocenters. The Morgan fingerprint density at radius 1 is 1.09 bits per heavy atom. The molecule has 0 aromatic carbocycles. The first-order valence-electron chi connectivity index (χ1n) is 15.6. The summed E-state index contributed by atoms with van der Waals surface area (Å²) in [6, 6.07) is 5.57. The van der Waals surface area contributed by atoms with Crippen LogP contribution in [0.25, 0.3) is 32.0 Å². The number of aryl methyl sites for hydroxylation is 2. The van der Waals surface area contributed by atoms with Crippen molar-refractivity contribution in [3.63, 3.8) is 0 Å². The highest BCUT2D eigenvalue weighted by molar-refractivity contribution is 7.23. The van der Waals surface area contributed by atoms with Gasteiger partial charge in [-0.25, -0.2) is 14.4 Å². The van der Waals surface area contributed by atoms with Gasteiger partial charge in [-0.05, 0) is 80.5 Å². The minimum absolute atomic E-state index is 0.00146. The first-order chi connectivity index (χ1) is 22.0. The summed E-state index contributed by atoms with van der Waals surface area (Å²) in [6.07, 6.45) is 12.1. The van der Waals surface area contributed by atoms with Crippen LogP contribution in [0.2, 0.25) is 0 Å². The van der Waals surface area contributed by atoms with Gasteiger partial charge in [0.1, 0.15) is 17.4 Å². The van der Waals surface area contributed by atoms with E-state index in [9.17, 15) is 9.18 Å². The van der Waals surface area contributed by atoms with Crippen LogP contribution in [0.1, 0.15) is 71.2 Å². The number of nitrogens with zero attached hydrogens (tertiary/aromatic N) is 5. The van der Waals surface area contributed by atoms with E-state index in [0.29, 0.717) is 35.5 Å². The van der Waals surface area contributed by atoms with Gasteiger partial charge in [-0.2, -0.15) is 0 Å². The van der Waals surface area contributed by atoms with E-state index in [0.717, 1.165) is 101 Å². The molecule has 1 unspecified atom stereocenters. The standard InChI is InChI=1S/C34H33FN6O3S/c1-19-15-39-33(44-19)27-24(5-4-20-7-11-43-12-8-20)40-30-25-3-2-10-41(25)34(42)29(30)28(27)26-14-22-6-9-37-32(31(22)45-26)38-17-21-13-23(35)18-36-16-21/h6,9,13-16,18,20,25H,2-5,7-8,10-12,17H2,1H3,(H,37,38). The molecule has 0 bridgehead atoms. The van der Waals surface area contributed by atoms with Crippen molar-refractivity contribution in [2.75, 3.05) is 25.1 Å². The number of nitrogens with one attached hydrogen (secondary N) is 1. The molecule has 0 saturated carbocycles. The van der Waals surface area contributed by atoms with Gasteiger partial charge in [-0.3, -0.25) is 14.8 Å². The summed E-state index contributed by atoms with van der Waals surface area (Å²) in [5.74, 6) is 2.11. The maximum Gasteiger partial charge on any atom is 0.257 e. The average molecular weight is 625 g/mol. The average Bonchev–Trinajstić information content (AvgIpc) is 3.85. The predicted molar refractivity (Wildman–Crippen MR) is 169 cm³/mol. The minimum atomic E-state index is -0.377. The van der Waals surface area contributed by atoms with Crippen molar-refractivity contribution in [1.82, 2.24) is 24.8 Å². The van der Waals surface area contributed by atoms with Gasteiger partial charge in [-0.1, -0.05) is 0 Å². The maximum absolute atomic E-state index is 14.1. The largest absolute Gasteiger partial charge is 0.441 e. The van der Waals surface area contributed by atoms with Gasteiger partial charge >= 0.3 is 0 Å². The lowest BCUT2D eigenvalue weighted by Crippen LogP contribution is -2.22. The summed E-state index contributed by atoms with van der Waals surface area (Å²) < 4.78 is 26.5. The van der Waals surface area contributed by atoms with E-state index >= 15 is 0 Å². The van der Waals surface area contributed by atoms with Crippen molar-refractivity contribution in [3.05, 3.63) is 77.1 Å². The molecule has 2 saturated heterocycles. The molecular weight excluding hydrogens is 591 g/mol. The van der Waals surface area contributed by atoms with E-state index in [4.69, 9.17) is 14.1 Å². The van der Waals surface area contributed by atoms with E-state index in [1.165, 1.54) is 12.3 Å². The van der Waals surface area contributed by atoms with Gasteiger partial charge in [0.05, 0.1) is 45.7 Å². The lowest BCUT2D eigenvalue weighted by atomic mass is 9.90. The molecule has 0 spiro atoms. The van der Waals surface area contributed by atoms with E-state index in [2.05, 4.69) is 26.3 Å². The third kappa shape index (κ3) is 5.17. The molecular formula is C34H33FN6O3S. The summed E-state index contributed by atoms with van der Waals surface area (Å²) in [4.78, 5) is 35.6. The highest BCUT2D eigenvalue weighted by Crippen LogP contribution is 2.50. The van der Waals surface area contributed by atoms with Crippen LogP contribution in [-0.4, -0.2) is 50.5 Å². The lowest BCUT2D eigenvalue weighted by molar-refractivity contribution is 0.0639. The SMILES string of the molecule is Cc1cnc(-c2c(CCC3CCOCC3)nc3c(c2-c2cc4ccnc(NCc5cncc(F)c5)c4s2)C(=O)N2CCCC32)o1. The number of ether oxygens (including phenoxy) is 1. The van der Waals surface area contributed by atoms with Crippen molar-refractivity contribution in [2.45, 2.75) is 58.0 Å². The molecule has 8 rings (SSSR count). The molecule has 0 radical (unpaired) electrons. The number of carbonyl (C=O) groups is 1. The van der Waals surface area contributed by atoms with Gasteiger partial charge in [0.25, 0.3) is 5.91 Å². The monoisotopic (exact) mass is 624 g/mol. The number of amides is 1. The molecule has 45 heavy (non-hydrogen) atoms. The number of carbonyl (C=O) groups excluding carboxylic acids is 1. The number of hydrogen-bond donors (Lipinski definition) is 1. The Balaban J connectivity index is 1.28. The molecule has 230 valence electrons. The van der Waals surface area contributed by atoms with Crippen molar-refractivity contribution >= 4 is 33.1 Å². The molecule has 9 nitrogen and oxygen atoms in total. The van der Waals surface area contributed by atoms with Crippen LogP contribution in [0.15, 0.2) is 47.4 Å². The number of oxazole rings is 1. The fourth-order valence-electron chi connectivity index (χ4n) is 7.01. The van der Waals surface area contributed by atoms with Crippen LogP contribution < -0.4 is 5.32 Å². The zero-order valence-corrected chi connectivity index (χ0v) is 25.8. The Labute approximate surface area is 263 Å². The van der Waals surface area contributed by atoms with Gasteiger partial charge in [0.15, 0.2) is 0 Å². The summed E-state index contributed by atoms with van der Waals surface area (Å²) in [6.45, 7) is 4.60. The Kier molecular flexibility index (Phi) is 7.29. The molecule has 1 N–H and O–H groups in total. The van der Waals surface area contributed by atoms with Crippen LogP contribution >= 0.6 is 11.3 Å². The first-order valence-corrected chi connectivity index (χ1v) is 16.5. The molecule has 5 aromatic heterocycles. The van der Waals surface area contributed by atoms with E-state index in [-0.39, 0.29) is 17.8 Å². The second-order valence-corrected chi connectivity index (χ2v) is 13.2. The van der Waals surface area contributed by atoms with E-state index in [1.54, 1.807) is 29.9 Å². The molecule has 5 aromatic rings. The number of thiophene rings is 1. The molecule has 0 aliphatic carbocycles. The Hall–Kier alpha value is -4.22. The van der Waals surface area contributed by atoms with Crippen LogP contribution in [0.3, 0.4) is 0 Å². The first kappa shape index (κ1) is 28.3. The Morgan fingerprint density at radius 3 is 2.80 bits per heavy atom. The fraction of sp³-hybridized carbons (Fsp3) is 0.382. The van der Waals surface area contributed by atoms with Crippen LogP contribution in [0.4, 0.5) is 10.2 Å². The van der Waals surface area contributed by atoms with Crippen LogP contribution in [0.5, 0.6) is 0 Å². The number of anilines is 1. The van der Waals surface area contributed by atoms with Crippen molar-refractivity contribution in [1.29, 1.82) is 0 Å². The second kappa shape index (κ2) is 11.6. The van der Waals surface area contributed by atoms with Gasteiger partial charge in [0.2, 0.25) is 5.89 Å². The lowest BCUT2D eigenvalue weighted by Gasteiger charge is -2.22. The summed E-state index contributed by atoms with van der Waals surface area (Å²) in [7, 11) is 0. The zero-order valence-electron chi connectivity index (χ0n) is 25.0. The normalized spacial score (nSPS) is 18.1. The number of halogens is 1. The maximum atomic E-state index is 14.1. The highest BCUT2D eigenvalue weighted by atomic mass is 32.1. The molecule has 11 heteroatoms. The van der Waals surface area contributed by atoms with Crippen molar-refractivity contribution in [2.24, 2.45) is 5.92 Å². The smallest absolute Gasteiger partial charge is 0.257 e. The predicted octanol–water partition coefficient (Wildman–Crippen LogP) is 7.12. The summed E-state index contributed by atoms with van der Waals surface area (Å²) >= 11 is 1.58. The topological polar surface area (TPSA) is 106 Å². The molecule has 1 amide bonds. The van der Waals surface area contributed by atoms with Crippen LogP contribution in [0, 0.1) is 18.7 Å². The number of aromatic nitrogens is 4. The summed E-state index contributed by atoms with van der Waals surface area (Å²) in [5, 5.41) is 4.37. The molecule has 8 heterocycles. The fourth-order valence-corrected chi connectivity index (χ4v) is 8.18. The summed E-state index contributed by atoms with van der Waals surface area (Å²) in [5.41, 5.74) is 4.87. The molecule has 3 aliphatic heterocycles. The minimum Gasteiger partial charge on any atom is -0.441 e. The highest BCUT2D eigenvalue weighted by Gasteiger charge is 2.44.